The Bertz CT molecular complexity index is 2430. The highest BCUT2D eigenvalue weighted by Gasteiger charge is 2.48. The summed E-state index contributed by atoms with van der Waals surface area (Å²) in [5, 5.41) is 26.7. The summed E-state index contributed by atoms with van der Waals surface area (Å²) in [6, 6.07) is 5.39. The van der Waals surface area contributed by atoms with Crippen molar-refractivity contribution in [1.82, 2.24) is 20.5 Å². The van der Waals surface area contributed by atoms with Gasteiger partial charge < -0.3 is 136 Å². The largest absolute Gasteiger partial charge is 0.479 e. The number of nitrogens with one attached hydrogen (secondary N) is 2. The number of carbonyl (C=O) groups excluding carboxylic acids is 3. The molecule has 0 unspecified atom stereocenters. The third kappa shape index (κ3) is 52.1. The summed E-state index contributed by atoms with van der Waals surface area (Å²) in [6.45, 7) is 26.5. The lowest BCUT2D eigenvalue weighted by molar-refractivity contribution is -0.152. The first-order valence-corrected chi connectivity index (χ1v) is 37.7. The molecule has 1 saturated heterocycles. The van der Waals surface area contributed by atoms with Gasteiger partial charge in [0, 0.05) is 26.6 Å². The summed E-state index contributed by atoms with van der Waals surface area (Å²) in [5.41, 5.74) is 7.95. The summed E-state index contributed by atoms with van der Waals surface area (Å²) >= 11 is 1.51. The molecule has 2 heterocycles. The van der Waals surface area contributed by atoms with Crippen LogP contribution in [0, 0.1) is 12.3 Å². The third-order valence-electron chi connectivity index (χ3n) is 15.5. The molecule has 0 bridgehead atoms. The van der Waals surface area contributed by atoms with E-state index in [1.807, 2.05) is 31.2 Å². The fourth-order valence-corrected chi connectivity index (χ4v) is 10.4. The maximum Gasteiger partial charge on any atom is 0.329 e. The fourth-order valence-electron chi connectivity index (χ4n) is 9.61. The van der Waals surface area contributed by atoms with Gasteiger partial charge in [0.15, 0.2) is 0 Å². The standard InChI is InChI=1S/C72H127N5O28S.ClH/c1-60-66(106-59-75-60)62-8-6-61(7-9-62)10-11-72(70(82)83,76-68(80)64-56-63(78)58-77(64)69(81)67(73)71(2,3)4)57-65(79)74-12-13-85-16-17-87-20-21-89-24-25-91-28-29-93-32-33-95-36-37-97-40-41-99-44-45-101-48-49-103-52-53-105-55-54-104-51-50-102-47-46-100-43-42-98-39-38-96-35-34-94-31-30-92-27-26-90-23-22-88-19-18-86-15-14-84-5;/h6-9,59,63-64,67,78H,10-58,73H2,1-5H3,(H,74,79)(H,76,80)(H,82,83);1H/t63-,64+,67-,72-;/m1./s1. The van der Waals surface area contributed by atoms with Crippen molar-refractivity contribution in [3.8, 4) is 10.4 Å². The van der Waals surface area contributed by atoms with Crippen LogP contribution in [0.15, 0.2) is 29.8 Å². The Morgan fingerprint density at radius 2 is 0.804 bits per heavy atom. The number of aryl methyl sites for hydroxylation is 2. The first-order valence-electron chi connectivity index (χ1n) is 36.9. The highest BCUT2D eigenvalue weighted by atomic mass is 35.5. The topological polar surface area (TPSA) is 378 Å². The van der Waals surface area contributed by atoms with Crippen LogP contribution >= 0.6 is 23.7 Å². The molecule has 1 aromatic carbocycles. The van der Waals surface area contributed by atoms with Crippen LogP contribution in [-0.2, 0) is 130 Å². The van der Waals surface area contributed by atoms with E-state index >= 15 is 0 Å². The van der Waals surface area contributed by atoms with Crippen molar-refractivity contribution >= 4 is 47.4 Å². The molecule has 622 valence electrons. The van der Waals surface area contributed by atoms with Gasteiger partial charge in [0.1, 0.15) is 11.6 Å². The Kier molecular flexibility index (Phi) is 62.7. The molecule has 107 heavy (non-hydrogen) atoms. The number of β-amino-alcohol motifs (C(OH)–C–C–N with tert-alkyl or cyclic N) is 1. The number of likely N-dealkylation sites (tertiary alicyclic amines) is 1. The van der Waals surface area contributed by atoms with Crippen LogP contribution < -0.4 is 16.4 Å². The smallest absolute Gasteiger partial charge is 0.329 e. The average molecular weight is 1580 g/mol. The van der Waals surface area contributed by atoms with E-state index in [0.717, 1.165) is 21.7 Å². The van der Waals surface area contributed by atoms with Gasteiger partial charge in [-0.25, -0.2) is 9.78 Å². The van der Waals surface area contributed by atoms with Gasteiger partial charge in [0.05, 0.1) is 319 Å². The minimum atomic E-state index is -2.08. The molecule has 1 fully saturated rings. The second kappa shape index (κ2) is 67.7. The van der Waals surface area contributed by atoms with Crippen LogP contribution in [0.25, 0.3) is 10.4 Å². The van der Waals surface area contributed by atoms with Crippen molar-refractivity contribution in [3.05, 3.63) is 41.0 Å². The van der Waals surface area contributed by atoms with E-state index in [-0.39, 0.29) is 64.6 Å². The molecule has 1 aliphatic rings. The zero-order valence-electron chi connectivity index (χ0n) is 64.1. The number of aliphatic hydroxyl groups excluding tert-OH is 1. The maximum atomic E-state index is 14.0. The molecular formula is C72H128ClN5O28S. The van der Waals surface area contributed by atoms with Crippen LogP contribution in [0.2, 0.25) is 0 Å². The van der Waals surface area contributed by atoms with Gasteiger partial charge in [-0.05, 0) is 36.3 Å². The van der Waals surface area contributed by atoms with Gasteiger partial charge in [-0.1, -0.05) is 45.0 Å². The summed E-state index contributed by atoms with van der Waals surface area (Å²) in [4.78, 5) is 60.8. The first kappa shape index (κ1) is 99.1. The van der Waals surface area contributed by atoms with Gasteiger partial charge in [0.2, 0.25) is 17.7 Å². The molecule has 0 aliphatic carbocycles. The summed E-state index contributed by atoms with van der Waals surface area (Å²) in [5.74, 6) is -3.41. The van der Waals surface area contributed by atoms with E-state index in [9.17, 15) is 29.4 Å². The highest BCUT2D eigenvalue weighted by Crippen LogP contribution is 2.30. The van der Waals surface area contributed by atoms with Gasteiger partial charge in [0.25, 0.3) is 0 Å². The number of ether oxygens (including phenoxy) is 22. The normalized spacial score (nSPS) is 14.7. The number of aliphatic hydroxyl groups is 1. The van der Waals surface area contributed by atoms with Crippen molar-refractivity contribution in [3.63, 3.8) is 0 Å². The number of rotatable bonds is 76. The second-order valence-electron chi connectivity index (χ2n) is 25.0. The number of carbonyl (C=O) groups is 4. The van der Waals surface area contributed by atoms with Gasteiger partial charge in [-0.2, -0.15) is 0 Å². The van der Waals surface area contributed by atoms with Crippen LogP contribution in [-0.4, -0.2) is 372 Å². The van der Waals surface area contributed by atoms with Gasteiger partial charge in [-0.3, -0.25) is 14.4 Å². The van der Waals surface area contributed by atoms with Gasteiger partial charge >= 0.3 is 5.97 Å². The summed E-state index contributed by atoms with van der Waals surface area (Å²) in [7, 11) is 1.64. The number of carboxylic acid groups (broad SMARTS) is 1. The predicted molar refractivity (Wildman–Crippen MR) is 397 cm³/mol. The van der Waals surface area contributed by atoms with Crippen molar-refractivity contribution in [2.45, 2.75) is 77.1 Å². The lowest BCUT2D eigenvalue weighted by Gasteiger charge is -2.35. The van der Waals surface area contributed by atoms with E-state index < -0.39 is 59.3 Å². The van der Waals surface area contributed by atoms with E-state index in [1.54, 1.807) is 33.4 Å². The number of thiazole rings is 1. The fraction of sp³-hybridized carbons (Fsp3) is 0.819. The average Bonchev–Trinajstić information content (AvgIpc) is 1.66. The first-order chi connectivity index (χ1) is 51.7. The number of benzene rings is 1. The SMILES string of the molecule is COCCOCCOCCOCCOCCOCCOCCOCCOCCOCCOCCOCCOCCOCCOCCOCCOCCOCCOCCOCCOCCOCCNC(=O)C[C@@](CCc1ccc(-c2scnc2C)cc1)(NC(=O)[C@@H]1C[C@@H](O)CN1C(=O)[C@@H](N)C(C)(C)C)C(=O)O.Cl. The molecule has 3 amide bonds. The molecule has 1 aromatic heterocycles. The summed E-state index contributed by atoms with van der Waals surface area (Å²) in [6.07, 6.45) is -1.73. The Morgan fingerprint density at radius 1 is 0.505 bits per heavy atom. The highest BCUT2D eigenvalue weighted by molar-refractivity contribution is 7.13. The number of hydrogen-bond acceptors (Lipinski definition) is 30. The summed E-state index contributed by atoms with van der Waals surface area (Å²) < 4.78 is 121. The van der Waals surface area contributed by atoms with E-state index in [1.165, 1.54) is 16.2 Å². The van der Waals surface area contributed by atoms with E-state index in [4.69, 9.17) is 110 Å². The van der Waals surface area contributed by atoms with E-state index in [0.29, 0.717) is 264 Å². The van der Waals surface area contributed by atoms with Crippen LogP contribution in [0.5, 0.6) is 0 Å². The minimum absolute atomic E-state index is 0. The minimum Gasteiger partial charge on any atom is -0.479 e. The maximum absolute atomic E-state index is 14.0. The number of amides is 3. The number of nitrogens with zero attached hydrogens (tertiary/aromatic N) is 2. The molecule has 33 nitrogen and oxygen atoms in total. The predicted octanol–water partition coefficient (Wildman–Crippen LogP) is 2.25. The molecule has 1 aliphatic heterocycles. The zero-order valence-corrected chi connectivity index (χ0v) is 65.7. The lowest BCUT2D eigenvalue weighted by atomic mass is 9.86. The Hall–Kier alpha value is -3.94. The quantitative estimate of drug-likeness (QED) is 0.0593. The molecule has 6 N–H and O–H groups in total. The number of hydrogen-bond donors (Lipinski definition) is 5. The zero-order chi connectivity index (χ0) is 76.5. The molecule has 3 rings (SSSR count). The van der Waals surface area contributed by atoms with Crippen molar-refractivity contribution in [2.75, 3.05) is 304 Å². The van der Waals surface area contributed by atoms with E-state index in [2.05, 4.69) is 15.6 Å². The van der Waals surface area contributed by atoms with Gasteiger partial charge in [-0.15, -0.1) is 23.7 Å². The number of nitrogens with two attached hydrogens (primary N) is 1. The second-order valence-corrected chi connectivity index (χ2v) is 25.8. The molecular weight excluding hydrogens is 1450 g/mol. The number of aromatic nitrogens is 1. The molecule has 0 radical (unpaired) electrons. The van der Waals surface area contributed by atoms with Crippen molar-refractivity contribution in [1.29, 1.82) is 0 Å². The molecule has 4 atom stereocenters. The molecule has 35 heteroatoms. The lowest BCUT2D eigenvalue weighted by Crippen LogP contribution is -2.62. The van der Waals surface area contributed by atoms with Crippen molar-refractivity contribution < 1.29 is 134 Å². The monoisotopic (exact) mass is 1580 g/mol. The number of methoxy groups -OCH3 is 1. The molecule has 0 saturated carbocycles. The Balaban J connectivity index is 0.0000389. The number of aliphatic carboxylic acids is 1. The Morgan fingerprint density at radius 3 is 1.07 bits per heavy atom. The van der Waals surface area contributed by atoms with Crippen LogP contribution in [0.3, 0.4) is 0 Å². The molecule has 2 aromatic rings. The number of carboxylic acids is 1. The number of halogens is 1. The van der Waals surface area contributed by atoms with Crippen LogP contribution in [0.4, 0.5) is 0 Å². The van der Waals surface area contributed by atoms with Crippen molar-refractivity contribution in [2.24, 2.45) is 11.1 Å². The Labute approximate surface area is 642 Å². The third-order valence-corrected chi connectivity index (χ3v) is 16.5. The molecule has 0 spiro atoms. The van der Waals surface area contributed by atoms with Crippen LogP contribution in [0.1, 0.15) is 51.3 Å².